The summed E-state index contributed by atoms with van der Waals surface area (Å²) < 4.78 is 25.2. The molecular weight excluding hydrogens is 240 g/mol. The minimum atomic E-state index is -3.22. The minimum Gasteiger partial charge on any atom is -0.395 e. The summed E-state index contributed by atoms with van der Waals surface area (Å²) in [7, 11) is -1.68. The Labute approximate surface area is 104 Å². The highest BCUT2D eigenvalue weighted by molar-refractivity contribution is 7.89. The van der Waals surface area contributed by atoms with Gasteiger partial charge in [-0.25, -0.2) is 8.42 Å². The Kier molecular flexibility index (Phi) is 5.85. The van der Waals surface area contributed by atoms with Gasteiger partial charge in [0.05, 0.1) is 12.4 Å². The van der Waals surface area contributed by atoms with E-state index in [0.717, 1.165) is 32.4 Å². The van der Waals surface area contributed by atoms with Crippen molar-refractivity contribution in [2.45, 2.75) is 32.2 Å². The van der Waals surface area contributed by atoms with Crippen LogP contribution in [0.5, 0.6) is 0 Å². The summed E-state index contributed by atoms with van der Waals surface area (Å²) in [5.41, 5.74) is 0. The van der Waals surface area contributed by atoms with Gasteiger partial charge in [0.2, 0.25) is 10.0 Å². The average molecular weight is 264 g/mol. The smallest absolute Gasteiger partial charge is 0.214 e. The second kappa shape index (κ2) is 6.68. The lowest BCUT2D eigenvalue weighted by molar-refractivity contribution is 0.213. The minimum absolute atomic E-state index is 0.136. The summed E-state index contributed by atoms with van der Waals surface area (Å²) in [5.74, 6) is 0.710. The second-order valence-electron chi connectivity index (χ2n) is 4.85. The van der Waals surface area contributed by atoms with E-state index in [9.17, 15) is 8.42 Å². The summed E-state index contributed by atoms with van der Waals surface area (Å²) >= 11 is 0. The van der Waals surface area contributed by atoms with E-state index in [1.807, 2.05) is 0 Å². The first kappa shape index (κ1) is 14.9. The molecule has 0 saturated carbocycles. The van der Waals surface area contributed by atoms with Gasteiger partial charge in [-0.3, -0.25) is 0 Å². The molecule has 2 N–H and O–H groups in total. The normalized spacial score (nSPS) is 20.7. The van der Waals surface area contributed by atoms with Crippen molar-refractivity contribution in [2.24, 2.45) is 5.92 Å². The Morgan fingerprint density at radius 3 is 2.53 bits per heavy atom. The predicted molar refractivity (Wildman–Crippen MR) is 68.3 cm³/mol. The van der Waals surface area contributed by atoms with Crippen LogP contribution in [0.3, 0.4) is 0 Å². The molecule has 0 bridgehead atoms. The molecule has 6 heteroatoms. The second-order valence-corrected chi connectivity index (χ2v) is 6.99. The lowest BCUT2D eigenvalue weighted by atomic mass is 9.96. The lowest BCUT2D eigenvalue weighted by Crippen LogP contribution is -2.39. The molecule has 0 aromatic rings. The molecule has 1 saturated heterocycles. The molecule has 1 unspecified atom stereocenters. The van der Waals surface area contributed by atoms with Gasteiger partial charge in [0.1, 0.15) is 0 Å². The maximum atomic E-state index is 12.0. The van der Waals surface area contributed by atoms with E-state index in [1.54, 1.807) is 14.0 Å². The van der Waals surface area contributed by atoms with Gasteiger partial charge in [0, 0.05) is 13.1 Å². The third-order valence-corrected chi connectivity index (χ3v) is 5.56. The molecule has 0 aromatic heterocycles. The molecule has 1 heterocycles. The topological polar surface area (TPSA) is 69.6 Å². The fourth-order valence-electron chi connectivity index (χ4n) is 2.02. The van der Waals surface area contributed by atoms with Crippen LogP contribution in [0.2, 0.25) is 0 Å². The van der Waals surface area contributed by atoms with Crippen molar-refractivity contribution in [3.05, 3.63) is 0 Å². The predicted octanol–water partition coefficient (Wildman–Crippen LogP) is 0.0185. The van der Waals surface area contributed by atoms with Crippen LogP contribution in [-0.2, 0) is 10.0 Å². The van der Waals surface area contributed by atoms with Crippen LogP contribution in [0.1, 0.15) is 26.2 Å². The van der Waals surface area contributed by atoms with Crippen LogP contribution in [0.15, 0.2) is 0 Å². The van der Waals surface area contributed by atoms with Gasteiger partial charge in [0.25, 0.3) is 0 Å². The highest BCUT2D eigenvalue weighted by Gasteiger charge is 2.24. The third kappa shape index (κ3) is 4.54. The van der Waals surface area contributed by atoms with E-state index in [0.29, 0.717) is 5.92 Å². The van der Waals surface area contributed by atoms with E-state index < -0.39 is 10.0 Å². The fraction of sp³-hybridized carbons (Fsp3) is 1.00. The standard InChI is InChI=1S/C11H24N2O3S/c1-10(9-14)13(2)17(15,16)8-5-11-3-6-12-7-4-11/h10-12,14H,3-9H2,1-2H3. The van der Waals surface area contributed by atoms with Crippen molar-refractivity contribution in [1.82, 2.24) is 9.62 Å². The molecule has 5 nitrogen and oxygen atoms in total. The molecule has 1 atom stereocenters. The zero-order valence-electron chi connectivity index (χ0n) is 10.7. The molecule has 0 radical (unpaired) electrons. The van der Waals surface area contributed by atoms with Crippen molar-refractivity contribution in [3.8, 4) is 0 Å². The third-order valence-electron chi connectivity index (χ3n) is 3.57. The van der Waals surface area contributed by atoms with Crippen LogP contribution in [-0.4, -0.2) is 56.4 Å². The zero-order valence-corrected chi connectivity index (χ0v) is 11.5. The van der Waals surface area contributed by atoms with E-state index in [4.69, 9.17) is 5.11 Å². The van der Waals surface area contributed by atoms with Crippen molar-refractivity contribution in [2.75, 3.05) is 32.5 Å². The van der Waals surface area contributed by atoms with Gasteiger partial charge in [-0.1, -0.05) is 0 Å². The van der Waals surface area contributed by atoms with E-state index in [1.165, 1.54) is 4.31 Å². The number of piperidine rings is 1. The van der Waals surface area contributed by atoms with Gasteiger partial charge < -0.3 is 10.4 Å². The Morgan fingerprint density at radius 2 is 2.00 bits per heavy atom. The summed E-state index contributed by atoms with van der Waals surface area (Å²) in [6, 6.07) is -0.340. The zero-order chi connectivity index (χ0) is 12.9. The molecule has 0 aliphatic carbocycles. The average Bonchev–Trinajstić information content (AvgIpc) is 2.36. The Bertz CT molecular complexity index is 313. The number of hydrogen-bond donors (Lipinski definition) is 2. The number of likely N-dealkylation sites (N-methyl/N-ethyl adjacent to an activating group) is 1. The van der Waals surface area contributed by atoms with Crippen LogP contribution < -0.4 is 5.32 Å². The maximum Gasteiger partial charge on any atom is 0.214 e. The van der Waals surface area contributed by atoms with E-state index >= 15 is 0 Å². The van der Waals surface area contributed by atoms with Crippen LogP contribution in [0.25, 0.3) is 0 Å². The molecule has 0 amide bonds. The summed E-state index contributed by atoms with van der Waals surface area (Å²) in [6.07, 6.45) is 2.86. The Balaban J connectivity index is 2.43. The van der Waals surface area contributed by atoms with Gasteiger partial charge in [-0.15, -0.1) is 0 Å². The van der Waals surface area contributed by atoms with Crippen molar-refractivity contribution in [3.63, 3.8) is 0 Å². The number of aliphatic hydroxyl groups is 1. The number of aliphatic hydroxyl groups excluding tert-OH is 1. The molecular formula is C11H24N2O3S. The molecule has 1 aliphatic heterocycles. The lowest BCUT2D eigenvalue weighted by Gasteiger charge is -2.26. The largest absolute Gasteiger partial charge is 0.395 e. The van der Waals surface area contributed by atoms with Gasteiger partial charge in [-0.05, 0) is 45.2 Å². The molecule has 1 rings (SSSR count). The Morgan fingerprint density at radius 1 is 1.41 bits per heavy atom. The first-order valence-electron chi connectivity index (χ1n) is 6.24. The fourth-order valence-corrected chi connectivity index (χ4v) is 3.55. The monoisotopic (exact) mass is 264 g/mol. The van der Waals surface area contributed by atoms with Gasteiger partial charge in [0.15, 0.2) is 0 Å². The Hall–Kier alpha value is -0.170. The van der Waals surface area contributed by atoms with Crippen LogP contribution in [0.4, 0.5) is 0 Å². The quantitative estimate of drug-likeness (QED) is 0.709. The van der Waals surface area contributed by atoms with E-state index in [2.05, 4.69) is 5.32 Å². The van der Waals surface area contributed by atoms with E-state index in [-0.39, 0.29) is 18.4 Å². The SMILES string of the molecule is CC(CO)N(C)S(=O)(=O)CCC1CCNCC1. The first-order valence-corrected chi connectivity index (χ1v) is 7.85. The summed E-state index contributed by atoms with van der Waals surface area (Å²) in [4.78, 5) is 0. The molecule has 0 aromatic carbocycles. The molecule has 1 aliphatic rings. The first-order chi connectivity index (χ1) is 7.97. The van der Waals surface area contributed by atoms with Crippen LogP contribution in [0, 0.1) is 5.92 Å². The van der Waals surface area contributed by atoms with Gasteiger partial charge >= 0.3 is 0 Å². The highest BCUT2D eigenvalue weighted by Crippen LogP contribution is 2.18. The summed E-state index contributed by atoms with van der Waals surface area (Å²) in [6.45, 7) is 3.56. The number of nitrogens with one attached hydrogen (secondary N) is 1. The number of rotatable bonds is 6. The number of nitrogens with zero attached hydrogens (tertiary/aromatic N) is 1. The number of hydrogen-bond acceptors (Lipinski definition) is 4. The molecule has 1 fully saturated rings. The maximum absolute atomic E-state index is 12.0. The van der Waals surface area contributed by atoms with Crippen molar-refractivity contribution >= 4 is 10.0 Å². The summed E-state index contributed by atoms with van der Waals surface area (Å²) in [5, 5.41) is 12.2. The van der Waals surface area contributed by atoms with Crippen LogP contribution >= 0.6 is 0 Å². The highest BCUT2D eigenvalue weighted by atomic mass is 32.2. The molecule has 0 spiro atoms. The molecule has 102 valence electrons. The van der Waals surface area contributed by atoms with Crippen molar-refractivity contribution < 1.29 is 13.5 Å². The molecule has 17 heavy (non-hydrogen) atoms. The number of sulfonamides is 1. The van der Waals surface area contributed by atoms with Gasteiger partial charge in [-0.2, -0.15) is 4.31 Å². The van der Waals surface area contributed by atoms with Crippen molar-refractivity contribution in [1.29, 1.82) is 0 Å².